The zero-order chi connectivity index (χ0) is 22.8. The number of hydrogen-bond acceptors (Lipinski definition) is 3. The summed E-state index contributed by atoms with van der Waals surface area (Å²) in [6.45, 7) is 7.97. The van der Waals surface area contributed by atoms with Crippen molar-refractivity contribution in [2.45, 2.75) is 46.1 Å². The summed E-state index contributed by atoms with van der Waals surface area (Å²) in [5.74, 6) is -0.979. The Balaban J connectivity index is 0.00000132. The van der Waals surface area contributed by atoms with E-state index in [4.69, 9.17) is 4.74 Å². The fourth-order valence-corrected chi connectivity index (χ4v) is 4.02. The first kappa shape index (κ1) is 23.2. The molecule has 0 aliphatic carbocycles. The fourth-order valence-electron chi connectivity index (χ4n) is 4.02. The van der Waals surface area contributed by atoms with Gasteiger partial charge in [-0.2, -0.15) is 13.2 Å². The van der Waals surface area contributed by atoms with Gasteiger partial charge in [0.05, 0.1) is 18.3 Å². The second kappa shape index (κ2) is 9.36. The largest absolute Gasteiger partial charge is 0.416 e. The number of carbonyl (C=O) groups is 1. The van der Waals surface area contributed by atoms with Crippen molar-refractivity contribution in [2.75, 3.05) is 19.7 Å². The minimum Gasteiger partial charge on any atom is -0.371 e. The molecule has 0 spiro atoms. The number of benzene rings is 2. The van der Waals surface area contributed by atoms with Gasteiger partial charge in [-0.25, -0.2) is 4.39 Å². The van der Waals surface area contributed by atoms with E-state index in [1.165, 1.54) is 0 Å². The Kier molecular flexibility index (Phi) is 7.01. The smallest absolute Gasteiger partial charge is 0.371 e. The summed E-state index contributed by atoms with van der Waals surface area (Å²) in [5.41, 5.74) is 2.71. The zero-order valence-corrected chi connectivity index (χ0v) is 17.8. The maximum Gasteiger partial charge on any atom is 0.416 e. The molecule has 2 aliphatic heterocycles. The number of nitrogens with zero attached hydrogens (tertiary/aromatic N) is 1. The summed E-state index contributed by atoms with van der Waals surface area (Å²) in [6.07, 6.45) is -4.85. The maximum atomic E-state index is 13.7. The normalized spacial score (nSPS) is 18.8. The fraction of sp³-hybridized carbons (Fsp3) is 0.435. The van der Waals surface area contributed by atoms with E-state index in [2.05, 4.69) is 5.32 Å². The Morgan fingerprint density at radius 2 is 1.90 bits per heavy atom. The summed E-state index contributed by atoms with van der Waals surface area (Å²) >= 11 is 0. The number of amides is 1. The highest BCUT2D eigenvalue weighted by atomic mass is 19.4. The van der Waals surface area contributed by atoms with Gasteiger partial charge < -0.3 is 10.1 Å². The van der Waals surface area contributed by atoms with Crippen LogP contribution in [0.2, 0.25) is 0 Å². The molecule has 1 N–H and O–H groups in total. The predicted molar refractivity (Wildman–Crippen MR) is 109 cm³/mol. The van der Waals surface area contributed by atoms with E-state index in [1.54, 1.807) is 0 Å². The molecule has 2 aromatic rings. The third kappa shape index (κ3) is 5.25. The molecule has 1 unspecified atom stereocenters. The van der Waals surface area contributed by atoms with Crippen LogP contribution in [0.1, 0.15) is 58.1 Å². The van der Waals surface area contributed by atoms with Crippen LogP contribution in [0.25, 0.3) is 0 Å². The third-order valence-corrected chi connectivity index (χ3v) is 5.32. The molecule has 0 bridgehead atoms. The number of aryl methyl sites for hydroxylation is 1. The van der Waals surface area contributed by atoms with Crippen LogP contribution in [0.15, 0.2) is 30.3 Å². The Morgan fingerprint density at radius 1 is 1.16 bits per heavy atom. The highest BCUT2D eigenvalue weighted by Crippen LogP contribution is 2.32. The second-order valence-electron chi connectivity index (χ2n) is 7.50. The number of nitrogens with one attached hydrogen (secondary N) is 1. The van der Waals surface area contributed by atoms with Gasteiger partial charge in [0.15, 0.2) is 0 Å². The first-order chi connectivity index (χ1) is 14.7. The molecule has 4 rings (SSSR count). The minimum atomic E-state index is -4.59. The molecule has 2 aliphatic rings. The van der Waals surface area contributed by atoms with E-state index in [1.807, 2.05) is 37.8 Å². The van der Waals surface area contributed by atoms with E-state index in [9.17, 15) is 22.4 Å². The van der Waals surface area contributed by atoms with Crippen molar-refractivity contribution in [1.82, 2.24) is 10.2 Å². The second-order valence-corrected chi connectivity index (χ2v) is 7.50. The van der Waals surface area contributed by atoms with Crippen molar-refractivity contribution in [3.8, 4) is 0 Å². The van der Waals surface area contributed by atoms with E-state index in [0.717, 1.165) is 28.8 Å². The molecular weight excluding hydrogens is 412 g/mol. The highest BCUT2D eigenvalue weighted by Gasteiger charge is 2.32. The quantitative estimate of drug-likeness (QED) is 0.686. The predicted octanol–water partition coefficient (Wildman–Crippen LogP) is 5.00. The molecule has 31 heavy (non-hydrogen) atoms. The monoisotopic (exact) mass is 438 g/mol. The van der Waals surface area contributed by atoms with Crippen LogP contribution < -0.4 is 5.32 Å². The van der Waals surface area contributed by atoms with Crippen LogP contribution in [0.5, 0.6) is 0 Å². The molecule has 1 fully saturated rings. The van der Waals surface area contributed by atoms with Crippen molar-refractivity contribution in [3.05, 3.63) is 69.5 Å². The molecule has 8 heteroatoms. The van der Waals surface area contributed by atoms with Crippen LogP contribution >= 0.6 is 0 Å². The number of halogens is 4. The third-order valence-electron chi connectivity index (χ3n) is 5.32. The van der Waals surface area contributed by atoms with Gasteiger partial charge >= 0.3 is 6.18 Å². The van der Waals surface area contributed by atoms with Gasteiger partial charge in [0.2, 0.25) is 0 Å². The lowest BCUT2D eigenvalue weighted by Gasteiger charge is -2.33. The lowest BCUT2D eigenvalue weighted by Crippen LogP contribution is -2.38. The van der Waals surface area contributed by atoms with Crippen LogP contribution in [0, 0.1) is 12.7 Å². The topological polar surface area (TPSA) is 41.6 Å². The molecule has 168 valence electrons. The van der Waals surface area contributed by atoms with Crippen LogP contribution in [0.3, 0.4) is 0 Å². The number of ether oxygens (including phenoxy) is 1. The van der Waals surface area contributed by atoms with Gasteiger partial charge in [-0.05, 0) is 47.4 Å². The van der Waals surface area contributed by atoms with Crippen molar-refractivity contribution in [2.24, 2.45) is 0 Å². The molecule has 1 saturated heterocycles. The number of fused-ring (bicyclic) bond motifs is 1. The Labute approximate surface area is 179 Å². The lowest BCUT2D eigenvalue weighted by molar-refractivity contribution is -0.137. The average Bonchev–Trinajstić information content (AvgIpc) is 3.10. The number of morpholine rings is 1. The maximum absolute atomic E-state index is 13.7. The SMILES string of the molecule is CC.Cc1cc(C2CN(Cc3cc(F)cc(C(F)(F)F)c3)CCO2)cc2c1C(=O)NC2. The van der Waals surface area contributed by atoms with Gasteiger partial charge in [-0.1, -0.05) is 26.0 Å². The van der Waals surface area contributed by atoms with E-state index in [-0.39, 0.29) is 24.1 Å². The molecule has 2 aromatic carbocycles. The first-order valence-electron chi connectivity index (χ1n) is 10.3. The van der Waals surface area contributed by atoms with E-state index in [0.29, 0.717) is 37.9 Å². The summed E-state index contributed by atoms with van der Waals surface area (Å²) in [5, 5.41) is 2.80. The molecule has 1 amide bonds. The van der Waals surface area contributed by atoms with Crippen LogP contribution in [-0.2, 0) is 24.0 Å². The molecule has 4 nitrogen and oxygen atoms in total. The van der Waals surface area contributed by atoms with Gasteiger partial charge in [0, 0.05) is 31.7 Å². The molecule has 2 heterocycles. The van der Waals surface area contributed by atoms with Crippen LogP contribution in [-0.4, -0.2) is 30.5 Å². The van der Waals surface area contributed by atoms with E-state index >= 15 is 0 Å². The average molecular weight is 438 g/mol. The molecule has 0 aromatic heterocycles. The number of alkyl halides is 3. The molecule has 0 radical (unpaired) electrons. The Hall–Kier alpha value is -2.45. The van der Waals surface area contributed by atoms with Crippen LogP contribution in [0.4, 0.5) is 17.6 Å². The summed E-state index contributed by atoms with van der Waals surface area (Å²) < 4.78 is 58.4. The van der Waals surface area contributed by atoms with Gasteiger partial charge in [0.25, 0.3) is 5.91 Å². The lowest BCUT2D eigenvalue weighted by atomic mass is 9.97. The summed E-state index contributed by atoms with van der Waals surface area (Å²) in [6, 6.07) is 6.50. The van der Waals surface area contributed by atoms with Gasteiger partial charge in [-0.3, -0.25) is 9.69 Å². The van der Waals surface area contributed by atoms with Crippen molar-refractivity contribution in [3.63, 3.8) is 0 Å². The van der Waals surface area contributed by atoms with Gasteiger partial charge in [0.1, 0.15) is 5.82 Å². The highest BCUT2D eigenvalue weighted by molar-refractivity contribution is 5.99. The van der Waals surface area contributed by atoms with Crippen molar-refractivity contribution < 1.29 is 27.1 Å². The first-order valence-corrected chi connectivity index (χ1v) is 10.3. The molecular formula is C23H26F4N2O2. The Morgan fingerprint density at radius 3 is 2.61 bits per heavy atom. The zero-order valence-electron chi connectivity index (χ0n) is 17.8. The van der Waals surface area contributed by atoms with Crippen molar-refractivity contribution in [1.29, 1.82) is 0 Å². The number of rotatable bonds is 3. The molecule has 1 atom stereocenters. The molecule has 0 saturated carbocycles. The van der Waals surface area contributed by atoms with Gasteiger partial charge in [-0.15, -0.1) is 0 Å². The van der Waals surface area contributed by atoms with Crippen molar-refractivity contribution >= 4 is 5.91 Å². The minimum absolute atomic E-state index is 0.0817. The number of carbonyl (C=O) groups excluding carboxylic acids is 1. The summed E-state index contributed by atoms with van der Waals surface area (Å²) in [7, 11) is 0. The summed E-state index contributed by atoms with van der Waals surface area (Å²) in [4.78, 5) is 13.8. The van der Waals surface area contributed by atoms with E-state index < -0.39 is 17.6 Å². The Bertz CT molecular complexity index is 959. The standard InChI is InChI=1S/C21H20F4N2O2.C2H6/c1-12-4-14(7-15-9-26-20(28)19(12)15)18-11-27(2-3-29-18)10-13-5-16(21(23,24)25)8-17(22)6-13;1-2/h4-8,18H,2-3,9-11H2,1H3,(H,26,28);1-2H3. The number of hydrogen-bond donors (Lipinski definition) is 1.